The summed E-state index contributed by atoms with van der Waals surface area (Å²) in [6, 6.07) is 5.08. The van der Waals surface area contributed by atoms with Crippen LogP contribution in [0.3, 0.4) is 0 Å². The lowest BCUT2D eigenvalue weighted by Crippen LogP contribution is -2.35. The second-order valence-corrected chi connectivity index (χ2v) is 4.12. The number of amides is 1. The molecule has 1 heterocycles. The Morgan fingerprint density at radius 3 is 2.65 bits per heavy atom. The smallest absolute Gasteiger partial charge is 0.251 e. The van der Waals surface area contributed by atoms with E-state index in [1.807, 2.05) is 13.8 Å². The number of hydrogen-bond donors (Lipinski definition) is 1. The minimum absolute atomic E-state index is 0.192. The largest absolute Gasteiger partial charge is 0.454 e. The Hall–Kier alpha value is -1.79. The molecular formula is C14H19NO5. The zero-order valence-corrected chi connectivity index (χ0v) is 11.7. The highest BCUT2D eigenvalue weighted by Gasteiger charge is 2.17. The summed E-state index contributed by atoms with van der Waals surface area (Å²) in [5, 5.41) is 2.77. The number of carbonyl (C=O) groups excluding carboxylic acids is 1. The molecule has 1 aromatic carbocycles. The standard InChI is InChI=1S/C14H19NO5/c1-3-17-13(18-4-2)8-15-14(16)10-5-6-11-12(7-10)20-9-19-11/h5-7,13H,3-4,8-9H2,1-2H3,(H,15,16). The molecule has 1 N–H and O–H groups in total. The molecule has 0 saturated heterocycles. The van der Waals surface area contributed by atoms with Crippen molar-refractivity contribution in [3.05, 3.63) is 23.8 Å². The van der Waals surface area contributed by atoms with E-state index in [9.17, 15) is 4.79 Å². The third kappa shape index (κ3) is 3.61. The van der Waals surface area contributed by atoms with Gasteiger partial charge in [-0.1, -0.05) is 0 Å². The van der Waals surface area contributed by atoms with Gasteiger partial charge in [-0.25, -0.2) is 0 Å². The van der Waals surface area contributed by atoms with Gasteiger partial charge in [0.1, 0.15) is 0 Å². The van der Waals surface area contributed by atoms with Gasteiger partial charge in [-0.2, -0.15) is 0 Å². The Balaban J connectivity index is 1.91. The molecule has 2 rings (SSSR count). The molecule has 0 unspecified atom stereocenters. The van der Waals surface area contributed by atoms with Crippen molar-refractivity contribution in [1.29, 1.82) is 0 Å². The Bertz CT molecular complexity index is 457. The summed E-state index contributed by atoms with van der Waals surface area (Å²) in [4.78, 5) is 12.0. The summed E-state index contributed by atoms with van der Waals surface area (Å²) in [6.45, 7) is 5.32. The summed E-state index contributed by atoms with van der Waals surface area (Å²) in [5.41, 5.74) is 0.515. The zero-order chi connectivity index (χ0) is 14.4. The van der Waals surface area contributed by atoms with E-state index in [0.717, 1.165) is 0 Å². The fraction of sp³-hybridized carbons (Fsp3) is 0.500. The molecule has 0 atom stereocenters. The topological polar surface area (TPSA) is 66.0 Å². The van der Waals surface area contributed by atoms with Gasteiger partial charge in [0.05, 0.1) is 6.54 Å². The predicted octanol–water partition coefficient (Wildman–Crippen LogP) is 1.54. The van der Waals surface area contributed by atoms with Gasteiger partial charge in [0, 0.05) is 18.8 Å². The van der Waals surface area contributed by atoms with Crippen LogP contribution in [0.1, 0.15) is 24.2 Å². The third-order valence-corrected chi connectivity index (χ3v) is 2.77. The van der Waals surface area contributed by atoms with Crippen LogP contribution in [0.2, 0.25) is 0 Å². The van der Waals surface area contributed by atoms with Crippen molar-refractivity contribution in [1.82, 2.24) is 5.32 Å². The van der Waals surface area contributed by atoms with E-state index in [0.29, 0.717) is 36.8 Å². The SMILES string of the molecule is CCOC(CNC(=O)c1ccc2c(c1)OCO2)OCC. The minimum atomic E-state index is -0.428. The van der Waals surface area contributed by atoms with E-state index in [-0.39, 0.29) is 12.7 Å². The molecule has 20 heavy (non-hydrogen) atoms. The first-order valence-corrected chi connectivity index (χ1v) is 6.65. The molecule has 6 nitrogen and oxygen atoms in total. The predicted molar refractivity (Wildman–Crippen MR) is 71.9 cm³/mol. The summed E-state index contributed by atoms with van der Waals surface area (Å²) in [7, 11) is 0. The highest BCUT2D eigenvalue weighted by molar-refractivity contribution is 5.94. The van der Waals surface area contributed by atoms with Gasteiger partial charge in [-0.3, -0.25) is 4.79 Å². The highest BCUT2D eigenvalue weighted by atomic mass is 16.7. The second kappa shape index (κ2) is 7.12. The summed E-state index contributed by atoms with van der Waals surface area (Å²) >= 11 is 0. The van der Waals surface area contributed by atoms with E-state index in [1.165, 1.54) is 0 Å². The van der Waals surface area contributed by atoms with Crippen LogP contribution in [-0.4, -0.2) is 38.7 Å². The molecular weight excluding hydrogens is 262 g/mol. The molecule has 0 fully saturated rings. The number of nitrogens with one attached hydrogen (secondary N) is 1. The van der Waals surface area contributed by atoms with E-state index in [2.05, 4.69) is 5.32 Å². The lowest BCUT2D eigenvalue weighted by atomic mass is 10.2. The maximum Gasteiger partial charge on any atom is 0.251 e. The van der Waals surface area contributed by atoms with Crippen molar-refractivity contribution in [3.63, 3.8) is 0 Å². The van der Waals surface area contributed by atoms with Crippen LogP contribution in [0, 0.1) is 0 Å². The zero-order valence-electron chi connectivity index (χ0n) is 11.7. The Morgan fingerprint density at radius 2 is 1.95 bits per heavy atom. The van der Waals surface area contributed by atoms with Crippen LogP contribution in [0.25, 0.3) is 0 Å². The molecule has 0 aromatic heterocycles. The fourth-order valence-electron chi connectivity index (χ4n) is 1.85. The van der Waals surface area contributed by atoms with Gasteiger partial charge in [0.15, 0.2) is 17.8 Å². The van der Waals surface area contributed by atoms with Crippen molar-refractivity contribution in [2.45, 2.75) is 20.1 Å². The molecule has 1 aliphatic rings. The molecule has 1 amide bonds. The van der Waals surface area contributed by atoms with Gasteiger partial charge in [0.2, 0.25) is 6.79 Å². The van der Waals surface area contributed by atoms with Crippen molar-refractivity contribution < 1.29 is 23.7 Å². The van der Waals surface area contributed by atoms with Gasteiger partial charge in [0.25, 0.3) is 5.91 Å². The van der Waals surface area contributed by atoms with Gasteiger partial charge >= 0.3 is 0 Å². The maximum absolute atomic E-state index is 12.0. The van der Waals surface area contributed by atoms with Gasteiger partial charge < -0.3 is 24.3 Å². The van der Waals surface area contributed by atoms with Crippen molar-refractivity contribution in [2.75, 3.05) is 26.6 Å². The first kappa shape index (κ1) is 14.6. The first-order chi connectivity index (χ1) is 9.74. The quantitative estimate of drug-likeness (QED) is 0.768. The molecule has 0 radical (unpaired) electrons. The number of fused-ring (bicyclic) bond motifs is 1. The van der Waals surface area contributed by atoms with Crippen LogP contribution < -0.4 is 14.8 Å². The van der Waals surface area contributed by atoms with E-state index in [1.54, 1.807) is 18.2 Å². The number of benzene rings is 1. The Morgan fingerprint density at radius 1 is 1.25 bits per heavy atom. The maximum atomic E-state index is 12.0. The van der Waals surface area contributed by atoms with Crippen LogP contribution >= 0.6 is 0 Å². The summed E-state index contributed by atoms with van der Waals surface area (Å²) in [5.74, 6) is 1.04. The number of carbonyl (C=O) groups is 1. The Kier molecular flexibility index (Phi) is 5.20. The van der Waals surface area contributed by atoms with E-state index in [4.69, 9.17) is 18.9 Å². The molecule has 1 aromatic rings. The van der Waals surface area contributed by atoms with Crippen LogP contribution in [0.5, 0.6) is 11.5 Å². The summed E-state index contributed by atoms with van der Waals surface area (Å²) in [6.07, 6.45) is -0.428. The van der Waals surface area contributed by atoms with Crippen LogP contribution in [0.15, 0.2) is 18.2 Å². The molecule has 0 bridgehead atoms. The van der Waals surface area contributed by atoms with Crippen molar-refractivity contribution >= 4 is 5.91 Å². The number of ether oxygens (including phenoxy) is 4. The Labute approximate surface area is 118 Å². The summed E-state index contributed by atoms with van der Waals surface area (Å²) < 4.78 is 21.2. The highest BCUT2D eigenvalue weighted by Crippen LogP contribution is 2.32. The number of hydrogen-bond acceptors (Lipinski definition) is 5. The monoisotopic (exact) mass is 281 g/mol. The van der Waals surface area contributed by atoms with E-state index >= 15 is 0 Å². The van der Waals surface area contributed by atoms with Crippen LogP contribution in [-0.2, 0) is 9.47 Å². The van der Waals surface area contributed by atoms with Crippen molar-refractivity contribution in [2.24, 2.45) is 0 Å². The molecule has 6 heteroatoms. The third-order valence-electron chi connectivity index (χ3n) is 2.77. The average Bonchev–Trinajstić information content (AvgIpc) is 2.92. The second-order valence-electron chi connectivity index (χ2n) is 4.12. The average molecular weight is 281 g/mol. The van der Waals surface area contributed by atoms with Crippen LogP contribution in [0.4, 0.5) is 0 Å². The minimum Gasteiger partial charge on any atom is -0.454 e. The number of rotatable bonds is 7. The normalized spacial score (nSPS) is 12.8. The molecule has 0 saturated carbocycles. The molecule has 0 spiro atoms. The van der Waals surface area contributed by atoms with Gasteiger partial charge in [-0.15, -0.1) is 0 Å². The van der Waals surface area contributed by atoms with Crippen molar-refractivity contribution in [3.8, 4) is 11.5 Å². The molecule has 110 valence electrons. The first-order valence-electron chi connectivity index (χ1n) is 6.65. The van der Waals surface area contributed by atoms with Gasteiger partial charge in [-0.05, 0) is 32.0 Å². The lowest BCUT2D eigenvalue weighted by molar-refractivity contribution is -0.131. The molecule has 1 aliphatic heterocycles. The van der Waals surface area contributed by atoms with E-state index < -0.39 is 6.29 Å². The lowest BCUT2D eigenvalue weighted by Gasteiger charge is -2.17. The molecule has 0 aliphatic carbocycles. The fourth-order valence-corrected chi connectivity index (χ4v) is 1.85.